The van der Waals surface area contributed by atoms with E-state index in [0.29, 0.717) is 19.5 Å². The van der Waals surface area contributed by atoms with Gasteiger partial charge in [-0.05, 0) is 35.4 Å². The Morgan fingerprint density at radius 3 is 3.00 bits per heavy atom. The number of benzene rings is 1. The van der Waals surface area contributed by atoms with Gasteiger partial charge in [0.25, 0.3) is 0 Å². The number of aryl methyl sites for hydroxylation is 2. The highest BCUT2D eigenvalue weighted by atomic mass is 16.1. The number of nitrogens with zero attached hydrogens (tertiary/aromatic N) is 5. The fourth-order valence-corrected chi connectivity index (χ4v) is 2.38. The molecule has 2 aromatic heterocycles. The van der Waals surface area contributed by atoms with E-state index in [-0.39, 0.29) is 5.91 Å². The Morgan fingerprint density at radius 2 is 2.17 bits per heavy atom. The zero-order valence-corrected chi connectivity index (χ0v) is 12.8. The van der Waals surface area contributed by atoms with Crippen LogP contribution in [-0.2, 0) is 17.8 Å². The van der Waals surface area contributed by atoms with Crippen molar-refractivity contribution in [2.75, 3.05) is 6.54 Å². The Morgan fingerprint density at radius 1 is 1.26 bits per heavy atom. The molecule has 0 saturated carbocycles. The zero-order valence-electron chi connectivity index (χ0n) is 12.8. The summed E-state index contributed by atoms with van der Waals surface area (Å²) < 4.78 is 1.62. The van der Waals surface area contributed by atoms with Crippen molar-refractivity contribution in [3.63, 3.8) is 0 Å². The normalized spacial score (nSPS) is 11.0. The molecule has 0 fully saturated rings. The number of hydrogen-bond acceptors (Lipinski definition) is 5. The molecule has 0 aliphatic carbocycles. The maximum Gasteiger partial charge on any atom is 0.220 e. The molecule has 0 atom stereocenters. The molecule has 0 radical (unpaired) electrons. The largest absolute Gasteiger partial charge is 0.356 e. The Labute approximate surface area is 133 Å². The molecule has 1 aromatic carbocycles. The summed E-state index contributed by atoms with van der Waals surface area (Å²) in [6.07, 6.45) is 4.42. The number of carbonyl (C=O) groups is 1. The number of aromatic amines is 1. The van der Waals surface area contributed by atoms with Crippen LogP contribution < -0.4 is 5.32 Å². The van der Waals surface area contributed by atoms with Crippen molar-refractivity contribution >= 4 is 16.9 Å². The van der Waals surface area contributed by atoms with Crippen molar-refractivity contribution in [1.29, 1.82) is 0 Å². The Balaban J connectivity index is 1.32. The Bertz CT molecular complexity index is 717. The molecular weight excluding hydrogens is 294 g/mol. The minimum absolute atomic E-state index is 0.0580. The average molecular weight is 313 g/mol. The summed E-state index contributed by atoms with van der Waals surface area (Å²) in [4.78, 5) is 19.5. The van der Waals surface area contributed by atoms with E-state index in [9.17, 15) is 4.79 Å². The first-order valence-electron chi connectivity index (χ1n) is 7.72. The molecule has 1 amide bonds. The van der Waals surface area contributed by atoms with Crippen LogP contribution in [0.1, 0.15) is 25.1 Å². The standard InChI is InChI=1S/C15H19N7O/c23-15(8-4-10-22-11-17-20-21-22)16-9-3-7-14-18-12-5-1-2-6-13(12)19-14/h1-2,5-6,11H,3-4,7-10H2,(H,16,23)(H,18,19). The smallest absolute Gasteiger partial charge is 0.220 e. The minimum Gasteiger partial charge on any atom is -0.356 e. The van der Waals surface area contributed by atoms with Crippen LogP contribution in [0.2, 0.25) is 0 Å². The van der Waals surface area contributed by atoms with Crippen molar-refractivity contribution in [3.05, 3.63) is 36.4 Å². The van der Waals surface area contributed by atoms with Crippen LogP contribution in [0.15, 0.2) is 30.6 Å². The maximum absolute atomic E-state index is 11.7. The van der Waals surface area contributed by atoms with Gasteiger partial charge in [0.1, 0.15) is 12.2 Å². The fourth-order valence-electron chi connectivity index (χ4n) is 2.38. The van der Waals surface area contributed by atoms with Crippen LogP contribution in [0.3, 0.4) is 0 Å². The predicted molar refractivity (Wildman–Crippen MR) is 84.5 cm³/mol. The molecular formula is C15H19N7O. The van der Waals surface area contributed by atoms with E-state index in [4.69, 9.17) is 0 Å². The zero-order chi connectivity index (χ0) is 15.9. The molecule has 23 heavy (non-hydrogen) atoms. The predicted octanol–water partition coefficient (Wildman–Crippen LogP) is 1.08. The van der Waals surface area contributed by atoms with Crippen molar-refractivity contribution in [3.8, 4) is 0 Å². The number of aromatic nitrogens is 6. The number of imidazole rings is 1. The van der Waals surface area contributed by atoms with E-state index < -0.39 is 0 Å². The molecule has 3 aromatic rings. The van der Waals surface area contributed by atoms with Crippen LogP contribution in [0.5, 0.6) is 0 Å². The van der Waals surface area contributed by atoms with E-state index in [0.717, 1.165) is 36.1 Å². The maximum atomic E-state index is 11.7. The second-order valence-electron chi connectivity index (χ2n) is 5.33. The van der Waals surface area contributed by atoms with Crippen molar-refractivity contribution < 1.29 is 4.79 Å². The second-order valence-corrected chi connectivity index (χ2v) is 5.33. The average Bonchev–Trinajstić information content (AvgIpc) is 3.20. The highest BCUT2D eigenvalue weighted by molar-refractivity contribution is 5.76. The van der Waals surface area contributed by atoms with E-state index in [2.05, 4.69) is 30.8 Å². The summed E-state index contributed by atoms with van der Waals surface area (Å²) >= 11 is 0. The topological polar surface area (TPSA) is 101 Å². The van der Waals surface area contributed by atoms with Crippen molar-refractivity contribution in [1.82, 2.24) is 35.5 Å². The number of tetrazole rings is 1. The second kappa shape index (κ2) is 7.48. The number of rotatable bonds is 8. The third-order valence-electron chi connectivity index (χ3n) is 3.53. The summed E-state index contributed by atoms with van der Waals surface area (Å²) in [7, 11) is 0. The molecule has 0 saturated heterocycles. The summed E-state index contributed by atoms with van der Waals surface area (Å²) in [6.45, 7) is 1.31. The number of fused-ring (bicyclic) bond motifs is 1. The fraction of sp³-hybridized carbons (Fsp3) is 0.400. The van der Waals surface area contributed by atoms with Gasteiger partial charge >= 0.3 is 0 Å². The first-order chi connectivity index (χ1) is 11.3. The molecule has 8 nitrogen and oxygen atoms in total. The lowest BCUT2D eigenvalue weighted by Crippen LogP contribution is -2.24. The van der Waals surface area contributed by atoms with Crippen LogP contribution in [-0.4, -0.2) is 42.6 Å². The van der Waals surface area contributed by atoms with Gasteiger partial charge in [0, 0.05) is 25.9 Å². The summed E-state index contributed by atoms with van der Waals surface area (Å²) in [5, 5.41) is 13.8. The first-order valence-corrected chi connectivity index (χ1v) is 7.72. The lowest BCUT2D eigenvalue weighted by atomic mass is 10.2. The van der Waals surface area contributed by atoms with Crippen LogP contribution in [0.4, 0.5) is 0 Å². The van der Waals surface area contributed by atoms with Gasteiger partial charge in [-0.2, -0.15) is 0 Å². The van der Waals surface area contributed by atoms with E-state index in [1.165, 1.54) is 0 Å². The molecule has 3 rings (SSSR count). The Hall–Kier alpha value is -2.77. The number of amides is 1. The van der Waals surface area contributed by atoms with Crippen molar-refractivity contribution in [2.45, 2.75) is 32.2 Å². The molecule has 8 heteroatoms. The SMILES string of the molecule is O=C(CCCn1cnnn1)NCCCc1nc2ccccc2[nH]1. The summed E-state index contributed by atoms with van der Waals surface area (Å²) in [5.41, 5.74) is 2.03. The quantitative estimate of drug-likeness (QED) is 0.606. The molecule has 2 N–H and O–H groups in total. The first kappa shape index (κ1) is 15.1. The van der Waals surface area contributed by atoms with E-state index in [1.807, 2.05) is 24.3 Å². The van der Waals surface area contributed by atoms with Gasteiger partial charge < -0.3 is 10.3 Å². The number of carbonyl (C=O) groups excluding carboxylic acids is 1. The summed E-state index contributed by atoms with van der Waals surface area (Å²) in [5.74, 6) is 1.02. The highest BCUT2D eigenvalue weighted by Gasteiger charge is 2.04. The van der Waals surface area contributed by atoms with Gasteiger partial charge in [0.05, 0.1) is 11.0 Å². The molecule has 0 aliphatic heterocycles. The van der Waals surface area contributed by atoms with Gasteiger partial charge in [-0.15, -0.1) is 5.10 Å². The highest BCUT2D eigenvalue weighted by Crippen LogP contribution is 2.11. The van der Waals surface area contributed by atoms with Gasteiger partial charge in [-0.1, -0.05) is 12.1 Å². The van der Waals surface area contributed by atoms with Crippen LogP contribution >= 0.6 is 0 Å². The third kappa shape index (κ3) is 4.35. The summed E-state index contributed by atoms with van der Waals surface area (Å²) in [6, 6.07) is 7.96. The van der Waals surface area contributed by atoms with Gasteiger partial charge in [-0.3, -0.25) is 4.79 Å². The van der Waals surface area contributed by atoms with Gasteiger partial charge in [0.15, 0.2) is 0 Å². The lowest BCUT2D eigenvalue weighted by molar-refractivity contribution is -0.121. The van der Waals surface area contributed by atoms with Crippen LogP contribution in [0.25, 0.3) is 11.0 Å². The monoisotopic (exact) mass is 313 g/mol. The van der Waals surface area contributed by atoms with Gasteiger partial charge in [-0.25, -0.2) is 9.67 Å². The third-order valence-corrected chi connectivity index (χ3v) is 3.53. The molecule has 0 spiro atoms. The van der Waals surface area contributed by atoms with Crippen LogP contribution in [0, 0.1) is 0 Å². The molecule has 0 aliphatic rings. The number of para-hydroxylation sites is 2. The number of hydrogen-bond donors (Lipinski definition) is 2. The molecule has 2 heterocycles. The molecule has 0 unspecified atom stereocenters. The minimum atomic E-state index is 0.0580. The molecule has 120 valence electrons. The van der Waals surface area contributed by atoms with E-state index in [1.54, 1.807) is 11.0 Å². The lowest BCUT2D eigenvalue weighted by Gasteiger charge is -2.04. The molecule has 0 bridgehead atoms. The van der Waals surface area contributed by atoms with Gasteiger partial charge in [0.2, 0.25) is 5.91 Å². The number of H-pyrrole nitrogens is 1. The Kier molecular flexibility index (Phi) is 4.92. The van der Waals surface area contributed by atoms with Crippen molar-refractivity contribution in [2.24, 2.45) is 0 Å². The number of nitrogens with one attached hydrogen (secondary N) is 2. The van der Waals surface area contributed by atoms with E-state index >= 15 is 0 Å².